The third-order valence-corrected chi connectivity index (χ3v) is 18.9. The van der Waals surface area contributed by atoms with Crippen LogP contribution in [0.5, 0.6) is 0 Å². The van der Waals surface area contributed by atoms with Crippen LogP contribution < -0.4 is 5.32 Å². The minimum Gasteiger partial charge on any atom is -0.394 e. The molecule has 0 rings (SSSR count). The Morgan fingerprint density at radius 2 is 0.459 bits per heavy atom. The van der Waals surface area contributed by atoms with Gasteiger partial charge in [0.25, 0.3) is 0 Å². The zero-order chi connectivity index (χ0) is 61.2. The molecule has 0 aliphatic carbocycles. The molecular formula is C81H157NO3. The highest BCUT2D eigenvalue weighted by atomic mass is 16.3. The maximum absolute atomic E-state index is 12.6. The minimum absolute atomic E-state index is 0.0683. The summed E-state index contributed by atoms with van der Waals surface area (Å²) in [6, 6.07) is -0.646. The number of hydrogen-bond donors (Lipinski definition) is 3. The Hall–Kier alpha value is -1.39. The molecule has 2 atom stereocenters. The van der Waals surface area contributed by atoms with Gasteiger partial charge in [-0.05, 0) is 44.9 Å². The number of rotatable bonds is 75. The van der Waals surface area contributed by atoms with E-state index in [1.807, 2.05) is 6.08 Å². The van der Waals surface area contributed by atoms with Crippen molar-refractivity contribution in [1.82, 2.24) is 5.32 Å². The fourth-order valence-corrected chi connectivity index (χ4v) is 12.9. The predicted octanol–water partition coefficient (Wildman–Crippen LogP) is 27.4. The van der Waals surface area contributed by atoms with Crippen molar-refractivity contribution in [1.29, 1.82) is 0 Å². The molecular weight excluding hydrogens is 1030 g/mol. The van der Waals surface area contributed by atoms with E-state index < -0.39 is 12.1 Å². The second-order valence-corrected chi connectivity index (χ2v) is 27.5. The lowest BCUT2D eigenvalue weighted by Gasteiger charge is -2.19. The van der Waals surface area contributed by atoms with Crippen molar-refractivity contribution in [2.45, 2.75) is 469 Å². The number of aliphatic hydroxyl groups excluding tert-OH is 2. The lowest BCUT2D eigenvalue weighted by atomic mass is 10.0. The average Bonchev–Trinajstić information content (AvgIpc) is 3.52. The zero-order valence-electron chi connectivity index (χ0n) is 58.4. The van der Waals surface area contributed by atoms with Crippen LogP contribution in [0.1, 0.15) is 457 Å². The Labute approximate surface area is 535 Å². The Morgan fingerprint density at radius 3 is 0.682 bits per heavy atom. The third-order valence-electron chi connectivity index (χ3n) is 18.9. The van der Waals surface area contributed by atoms with Gasteiger partial charge in [0.2, 0.25) is 5.91 Å². The molecule has 85 heavy (non-hydrogen) atoms. The lowest BCUT2D eigenvalue weighted by molar-refractivity contribution is -0.123. The fraction of sp³-hybridized carbons (Fsp3) is 0.914. The number of carbonyl (C=O) groups excluding carboxylic acids is 1. The van der Waals surface area contributed by atoms with Crippen LogP contribution in [0.3, 0.4) is 0 Å². The maximum atomic E-state index is 12.6. The summed E-state index contributed by atoms with van der Waals surface area (Å²) >= 11 is 0. The largest absolute Gasteiger partial charge is 0.394 e. The Balaban J connectivity index is 3.41. The summed E-state index contributed by atoms with van der Waals surface area (Å²) in [5, 5.41) is 23.3. The first kappa shape index (κ1) is 83.6. The van der Waals surface area contributed by atoms with Crippen molar-refractivity contribution in [3.05, 3.63) is 36.5 Å². The van der Waals surface area contributed by atoms with E-state index in [1.54, 1.807) is 6.08 Å². The first-order valence-electron chi connectivity index (χ1n) is 39.7. The number of hydrogen-bond acceptors (Lipinski definition) is 3. The van der Waals surface area contributed by atoms with Crippen LogP contribution in [0, 0.1) is 0 Å². The van der Waals surface area contributed by atoms with Crippen molar-refractivity contribution >= 4 is 5.91 Å². The minimum atomic E-state index is -0.871. The molecule has 0 heterocycles. The second-order valence-electron chi connectivity index (χ2n) is 27.5. The third kappa shape index (κ3) is 73.2. The fourth-order valence-electron chi connectivity index (χ4n) is 12.9. The Bertz CT molecular complexity index is 1310. The summed E-state index contributed by atoms with van der Waals surface area (Å²) in [5.41, 5.74) is 0. The maximum Gasteiger partial charge on any atom is 0.220 e. The second kappa shape index (κ2) is 76.9. The molecule has 0 spiro atoms. The average molecular weight is 1190 g/mol. The molecule has 0 bridgehead atoms. The summed E-state index contributed by atoms with van der Waals surface area (Å²) in [4.78, 5) is 12.6. The van der Waals surface area contributed by atoms with E-state index in [4.69, 9.17) is 0 Å². The van der Waals surface area contributed by atoms with Crippen LogP contribution in [0.4, 0.5) is 0 Å². The highest BCUT2D eigenvalue weighted by Crippen LogP contribution is 2.20. The lowest BCUT2D eigenvalue weighted by Crippen LogP contribution is -2.45. The van der Waals surface area contributed by atoms with Crippen LogP contribution in [-0.2, 0) is 4.79 Å². The monoisotopic (exact) mass is 1190 g/mol. The molecule has 0 saturated carbocycles. The molecule has 3 N–H and O–H groups in total. The van der Waals surface area contributed by atoms with Crippen LogP contribution in [0.25, 0.3) is 0 Å². The van der Waals surface area contributed by atoms with Gasteiger partial charge in [0.05, 0.1) is 18.8 Å². The van der Waals surface area contributed by atoms with Crippen molar-refractivity contribution < 1.29 is 15.0 Å². The van der Waals surface area contributed by atoms with Gasteiger partial charge in [0.15, 0.2) is 0 Å². The van der Waals surface area contributed by atoms with Gasteiger partial charge in [-0.2, -0.15) is 0 Å². The van der Waals surface area contributed by atoms with Gasteiger partial charge < -0.3 is 15.5 Å². The summed E-state index contributed by atoms with van der Waals surface area (Å²) < 4.78 is 0. The van der Waals surface area contributed by atoms with Gasteiger partial charge in [0, 0.05) is 6.42 Å². The number of allylic oxidation sites excluding steroid dienone is 5. The van der Waals surface area contributed by atoms with Crippen LogP contribution >= 0.6 is 0 Å². The number of nitrogens with one attached hydrogen (secondary N) is 1. The number of unbranched alkanes of at least 4 members (excludes halogenated alkanes) is 64. The normalized spacial score (nSPS) is 12.8. The smallest absolute Gasteiger partial charge is 0.220 e. The molecule has 0 aromatic rings. The van der Waals surface area contributed by atoms with E-state index in [0.29, 0.717) is 6.42 Å². The molecule has 0 aliphatic heterocycles. The van der Waals surface area contributed by atoms with E-state index in [1.165, 1.54) is 398 Å². The molecule has 0 aliphatic rings. The molecule has 0 fully saturated rings. The molecule has 0 saturated heterocycles. The number of aliphatic hydroxyl groups is 2. The van der Waals surface area contributed by atoms with E-state index in [0.717, 1.165) is 38.5 Å². The molecule has 0 aromatic heterocycles. The first-order valence-corrected chi connectivity index (χ1v) is 39.7. The van der Waals surface area contributed by atoms with E-state index in [-0.39, 0.29) is 12.5 Å². The molecule has 2 unspecified atom stereocenters. The quantitative estimate of drug-likeness (QED) is 0.0420. The van der Waals surface area contributed by atoms with Crippen molar-refractivity contribution in [2.24, 2.45) is 0 Å². The molecule has 4 heteroatoms. The Morgan fingerprint density at radius 1 is 0.271 bits per heavy atom. The number of amides is 1. The summed E-state index contributed by atoms with van der Waals surface area (Å²) in [6.45, 7) is 4.35. The molecule has 4 nitrogen and oxygen atoms in total. The summed E-state index contributed by atoms with van der Waals surface area (Å²) in [5.74, 6) is -0.0683. The molecule has 504 valence electrons. The van der Waals surface area contributed by atoms with Gasteiger partial charge >= 0.3 is 0 Å². The van der Waals surface area contributed by atoms with Crippen molar-refractivity contribution in [3.8, 4) is 0 Å². The van der Waals surface area contributed by atoms with E-state index >= 15 is 0 Å². The predicted molar refractivity (Wildman–Crippen MR) is 382 cm³/mol. The highest BCUT2D eigenvalue weighted by molar-refractivity contribution is 5.76. The molecule has 0 aromatic carbocycles. The summed E-state index contributed by atoms with van der Waals surface area (Å²) in [6.07, 6.45) is 107. The van der Waals surface area contributed by atoms with Gasteiger partial charge in [-0.1, -0.05) is 442 Å². The van der Waals surface area contributed by atoms with Crippen LogP contribution in [-0.4, -0.2) is 34.9 Å². The van der Waals surface area contributed by atoms with Gasteiger partial charge in [-0.15, -0.1) is 0 Å². The van der Waals surface area contributed by atoms with E-state index in [9.17, 15) is 15.0 Å². The van der Waals surface area contributed by atoms with Gasteiger partial charge in [-0.3, -0.25) is 4.79 Å². The Kier molecular flexibility index (Phi) is 75.6. The molecule has 0 radical (unpaired) electrons. The first-order chi connectivity index (χ1) is 42.2. The van der Waals surface area contributed by atoms with E-state index in [2.05, 4.69) is 43.5 Å². The van der Waals surface area contributed by atoms with Crippen LogP contribution in [0.2, 0.25) is 0 Å². The van der Waals surface area contributed by atoms with Crippen LogP contribution in [0.15, 0.2) is 36.5 Å². The van der Waals surface area contributed by atoms with Gasteiger partial charge in [-0.25, -0.2) is 0 Å². The number of carbonyl (C=O) groups is 1. The van der Waals surface area contributed by atoms with Gasteiger partial charge in [0.1, 0.15) is 0 Å². The SMILES string of the molecule is CCCCCCCCCCCCCCCCCCCCCCCC/C=C/CC/C=C/CC/C=C/C(O)C(CO)NC(=O)CCCCCCCCCCCCCCCCCCCCCCCCCCCCCCCCCCCCCCCCCCC. The highest BCUT2D eigenvalue weighted by Gasteiger charge is 2.18. The summed E-state index contributed by atoms with van der Waals surface area (Å²) in [7, 11) is 0. The van der Waals surface area contributed by atoms with Crippen molar-refractivity contribution in [3.63, 3.8) is 0 Å². The topological polar surface area (TPSA) is 69.6 Å². The zero-order valence-corrected chi connectivity index (χ0v) is 58.4. The standard InChI is InChI=1S/C81H157NO3/c1-3-5-7-9-11-13-15-17-19-21-23-25-27-29-31-33-35-37-38-39-40-41-42-43-44-45-47-49-51-53-55-57-59-61-63-65-67-69-71-73-75-77-81(85)82-79(78-83)80(84)76-74-72-70-68-66-64-62-60-58-56-54-52-50-48-46-36-34-32-30-28-26-24-22-20-18-16-14-12-10-8-6-4-2/h58,60,66,68,74,76,79-80,83-84H,3-57,59,61-65,67,69-73,75,77-78H2,1-2H3,(H,82,85)/b60-58+,68-66+,76-74+. The molecule has 1 amide bonds. The van der Waals surface area contributed by atoms with Crippen molar-refractivity contribution in [2.75, 3.05) is 6.61 Å².